The van der Waals surface area contributed by atoms with E-state index in [9.17, 15) is 4.79 Å². The van der Waals surface area contributed by atoms with Gasteiger partial charge in [-0.3, -0.25) is 10.1 Å². The van der Waals surface area contributed by atoms with Crippen LogP contribution in [-0.4, -0.2) is 29.3 Å². The van der Waals surface area contributed by atoms with Crippen molar-refractivity contribution in [3.8, 4) is 11.5 Å². The van der Waals surface area contributed by atoms with Gasteiger partial charge in [-0.25, -0.2) is 0 Å². The third-order valence-electron chi connectivity index (χ3n) is 3.22. The Balaban J connectivity index is 2.07. The largest absolute Gasteiger partial charge is 0.493 e. The van der Waals surface area contributed by atoms with E-state index in [0.717, 1.165) is 24.3 Å². The molecule has 0 aliphatic carbocycles. The molecule has 130 valence electrons. The normalized spacial score (nSPS) is 10.7. The first kappa shape index (κ1) is 18.2. The Morgan fingerprint density at radius 3 is 2.75 bits per heavy atom. The lowest BCUT2D eigenvalue weighted by Crippen LogP contribution is -2.12. The maximum atomic E-state index is 12.4. The molecular weight excluding hydrogens is 326 g/mol. The maximum absolute atomic E-state index is 12.4. The molecule has 0 spiro atoms. The first-order chi connectivity index (χ1) is 11.5. The summed E-state index contributed by atoms with van der Waals surface area (Å²) in [7, 11) is 1.55. The van der Waals surface area contributed by atoms with Gasteiger partial charge in [0.1, 0.15) is 5.01 Å². The van der Waals surface area contributed by atoms with Crippen molar-refractivity contribution < 1.29 is 14.3 Å². The Morgan fingerprint density at radius 1 is 1.29 bits per heavy atom. The maximum Gasteiger partial charge on any atom is 0.257 e. The second-order valence-electron chi connectivity index (χ2n) is 5.59. The lowest BCUT2D eigenvalue weighted by Gasteiger charge is -2.14. The molecule has 1 heterocycles. The number of hydrogen-bond donors (Lipinski definition) is 1. The number of benzene rings is 1. The van der Waals surface area contributed by atoms with Crippen LogP contribution in [0.2, 0.25) is 0 Å². The van der Waals surface area contributed by atoms with E-state index in [-0.39, 0.29) is 12.0 Å². The lowest BCUT2D eigenvalue weighted by molar-refractivity contribution is 0.102. The number of aromatic nitrogens is 2. The summed E-state index contributed by atoms with van der Waals surface area (Å²) in [6.07, 6.45) is 3.09. The average molecular weight is 349 g/mol. The lowest BCUT2D eigenvalue weighted by atomic mass is 10.2. The molecule has 0 atom stereocenters. The van der Waals surface area contributed by atoms with Gasteiger partial charge in [-0.2, -0.15) is 0 Å². The van der Waals surface area contributed by atoms with E-state index < -0.39 is 0 Å². The van der Waals surface area contributed by atoms with Gasteiger partial charge in [0, 0.05) is 12.0 Å². The molecule has 1 N–H and O–H groups in total. The summed E-state index contributed by atoms with van der Waals surface area (Å²) in [5.74, 6) is 0.890. The van der Waals surface area contributed by atoms with Crippen molar-refractivity contribution in [1.82, 2.24) is 10.2 Å². The molecule has 2 rings (SSSR count). The van der Waals surface area contributed by atoms with E-state index in [1.807, 2.05) is 13.8 Å². The molecule has 0 fully saturated rings. The molecule has 0 saturated carbocycles. The molecule has 0 saturated heterocycles. The SMILES string of the molecule is CCCCc1nnc(NC(=O)c2ccc(OC(C)C)c(OC)c2)s1. The first-order valence-corrected chi connectivity index (χ1v) is 8.83. The van der Waals surface area contributed by atoms with Gasteiger partial charge in [0.25, 0.3) is 5.91 Å². The number of carbonyl (C=O) groups excluding carboxylic acids is 1. The van der Waals surface area contributed by atoms with Crippen molar-refractivity contribution in [3.63, 3.8) is 0 Å². The number of nitrogens with one attached hydrogen (secondary N) is 1. The minimum absolute atomic E-state index is 0.0292. The van der Waals surface area contributed by atoms with Crippen LogP contribution in [0.3, 0.4) is 0 Å². The summed E-state index contributed by atoms with van der Waals surface area (Å²) in [5, 5.41) is 12.3. The molecule has 2 aromatic rings. The molecular formula is C17H23N3O3S. The summed E-state index contributed by atoms with van der Waals surface area (Å²) >= 11 is 1.41. The third kappa shape index (κ3) is 4.92. The van der Waals surface area contributed by atoms with E-state index in [1.54, 1.807) is 25.3 Å². The number of nitrogens with zero attached hydrogens (tertiary/aromatic N) is 2. The number of carbonyl (C=O) groups is 1. The van der Waals surface area contributed by atoms with Crippen molar-refractivity contribution >= 4 is 22.4 Å². The number of ether oxygens (including phenoxy) is 2. The molecule has 1 amide bonds. The van der Waals surface area contributed by atoms with Crippen LogP contribution >= 0.6 is 11.3 Å². The second-order valence-corrected chi connectivity index (χ2v) is 6.65. The van der Waals surface area contributed by atoms with Crippen LogP contribution in [0.25, 0.3) is 0 Å². The van der Waals surface area contributed by atoms with Gasteiger partial charge in [-0.1, -0.05) is 24.7 Å². The van der Waals surface area contributed by atoms with Crippen molar-refractivity contribution in [2.75, 3.05) is 12.4 Å². The molecule has 0 aliphatic rings. The highest BCUT2D eigenvalue weighted by Crippen LogP contribution is 2.29. The van der Waals surface area contributed by atoms with Crippen molar-refractivity contribution in [3.05, 3.63) is 28.8 Å². The fraction of sp³-hybridized carbons (Fsp3) is 0.471. The number of amides is 1. The van der Waals surface area contributed by atoms with Gasteiger partial charge >= 0.3 is 0 Å². The molecule has 7 heteroatoms. The highest BCUT2D eigenvalue weighted by atomic mass is 32.1. The molecule has 1 aromatic carbocycles. The number of hydrogen-bond acceptors (Lipinski definition) is 6. The Morgan fingerprint density at radius 2 is 2.08 bits per heavy atom. The predicted molar refractivity (Wildman–Crippen MR) is 95.2 cm³/mol. The monoisotopic (exact) mass is 349 g/mol. The molecule has 1 aromatic heterocycles. The zero-order valence-electron chi connectivity index (χ0n) is 14.5. The van der Waals surface area contributed by atoms with Crippen molar-refractivity contribution in [2.45, 2.75) is 46.1 Å². The van der Waals surface area contributed by atoms with Gasteiger partial charge < -0.3 is 9.47 Å². The Bertz CT molecular complexity index is 685. The van der Waals surface area contributed by atoms with Crippen LogP contribution in [0.1, 0.15) is 49.0 Å². The molecule has 0 aliphatic heterocycles. The van der Waals surface area contributed by atoms with E-state index >= 15 is 0 Å². The minimum Gasteiger partial charge on any atom is -0.493 e. The predicted octanol–water partition coefficient (Wildman–Crippen LogP) is 3.93. The first-order valence-electron chi connectivity index (χ1n) is 8.02. The molecule has 0 unspecified atom stereocenters. The van der Waals surface area contributed by atoms with Gasteiger partial charge in [0.05, 0.1) is 13.2 Å². The number of anilines is 1. The minimum atomic E-state index is -0.248. The standard InChI is InChI=1S/C17H23N3O3S/c1-5-6-7-15-19-20-17(24-15)18-16(21)12-8-9-13(23-11(2)3)14(10-12)22-4/h8-11H,5-7H2,1-4H3,(H,18,20,21). The fourth-order valence-electron chi connectivity index (χ4n) is 2.06. The zero-order chi connectivity index (χ0) is 17.5. The number of aryl methyl sites for hydroxylation is 1. The molecule has 0 bridgehead atoms. The molecule has 6 nitrogen and oxygen atoms in total. The Kier molecular flexibility index (Phi) is 6.54. The van der Waals surface area contributed by atoms with Gasteiger partial charge in [0.15, 0.2) is 11.5 Å². The third-order valence-corrected chi connectivity index (χ3v) is 4.12. The van der Waals surface area contributed by atoms with Crippen LogP contribution in [0.15, 0.2) is 18.2 Å². The smallest absolute Gasteiger partial charge is 0.257 e. The summed E-state index contributed by atoms with van der Waals surface area (Å²) < 4.78 is 11.0. The summed E-state index contributed by atoms with van der Waals surface area (Å²) in [5.41, 5.74) is 0.480. The number of unbranched alkanes of at least 4 members (excludes halogenated alkanes) is 1. The highest BCUT2D eigenvalue weighted by molar-refractivity contribution is 7.15. The van der Waals surface area contributed by atoms with Gasteiger partial charge in [-0.05, 0) is 38.5 Å². The van der Waals surface area contributed by atoms with Crippen LogP contribution in [0, 0.1) is 0 Å². The van der Waals surface area contributed by atoms with Crippen LogP contribution < -0.4 is 14.8 Å². The van der Waals surface area contributed by atoms with Gasteiger partial charge in [-0.15, -0.1) is 10.2 Å². The van der Waals surface area contributed by atoms with Crippen molar-refractivity contribution in [2.24, 2.45) is 0 Å². The average Bonchev–Trinajstić information content (AvgIpc) is 3.00. The van der Waals surface area contributed by atoms with E-state index in [0.29, 0.717) is 22.2 Å². The van der Waals surface area contributed by atoms with Crippen LogP contribution in [-0.2, 0) is 6.42 Å². The number of methoxy groups -OCH3 is 1. The summed E-state index contributed by atoms with van der Waals surface area (Å²) in [6, 6.07) is 5.10. The summed E-state index contributed by atoms with van der Waals surface area (Å²) in [6.45, 7) is 6.00. The molecule has 0 radical (unpaired) electrons. The Hall–Kier alpha value is -2.15. The zero-order valence-corrected chi connectivity index (χ0v) is 15.3. The van der Waals surface area contributed by atoms with Gasteiger partial charge in [0.2, 0.25) is 5.13 Å². The second kappa shape index (κ2) is 8.63. The Labute approximate surface area is 146 Å². The van der Waals surface area contributed by atoms with E-state index in [4.69, 9.17) is 9.47 Å². The molecule has 24 heavy (non-hydrogen) atoms. The topological polar surface area (TPSA) is 73.3 Å². The number of rotatable bonds is 8. The summed E-state index contributed by atoms with van der Waals surface area (Å²) in [4.78, 5) is 12.4. The van der Waals surface area contributed by atoms with Crippen LogP contribution in [0.5, 0.6) is 11.5 Å². The fourth-order valence-corrected chi connectivity index (χ4v) is 2.84. The van der Waals surface area contributed by atoms with Crippen molar-refractivity contribution in [1.29, 1.82) is 0 Å². The van der Waals surface area contributed by atoms with E-state index in [2.05, 4.69) is 22.4 Å². The highest BCUT2D eigenvalue weighted by Gasteiger charge is 2.14. The van der Waals surface area contributed by atoms with E-state index in [1.165, 1.54) is 11.3 Å². The quantitative estimate of drug-likeness (QED) is 0.782. The van der Waals surface area contributed by atoms with Crippen LogP contribution in [0.4, 0.5) is 5.13 Å².